The van der Waals surface area contributed by atoms with Gasteiger partial charge in [-0.15, -0.1) is 0 Å². The van der Waals surface area contributed by atoms with Crippen LogP contribution in [0.2, 0.25) is 0 Å². The van der Waals surface area contributed by atoms with E-state index >= 15 is 0 Å². The van der Waals surface area contributed by atoms with E-state index in [0.717, 1.165) is 60.0 Å². The highest BCUT2D eigenvalue weighted by Crippen LogP contribution is 2.44. The van der Waals surface area contributed by atoms with Gasteiger partial charge in [-0.1, -0.05) is 6.07 Å². The molecule has 244 valence electrons. The quantitative estimate of drug-likeness (QED) is 0.0366. The van der Waals surface area contributed by atoms with Crippen molar-refractivity contribution in [3.8, 4) is 22.5 Å². The first-order chi connectivity index (χ1) is 21.5. The molecule has 1 aliphatic heterocycles. The van der Waals surface area contributed by atoms with E-state index in [1.165, 1.54) is 12.1 Å². The van der Waals surface area contributed by atoms with E-state index in [4.69, 9.17) is 8.75 Å². The van der Waals surface area contributed by atoms with Crippen molar-refractivity contribution >= 4 is 58.4 Å². The largest absolute Gasteiger partial charge is 0.691 e. The van der Waals surface area contributed by atoms with Gasteiger partial charge in [0.15, 0.2) is 8.87 Å². The van der Waals surface area contributed by atoms with E-state index in [9.17, 15) is 22.1 Å². The average molecular weight is 696 g/mol. The van der Waals surface area contributed by atoms with Gasteiger partial charge in [0.05, 0.1) is 23.0 Å². The Morgan fingerprint density at radius 1 is 0.933 bits per heavy atom. The minimum atomic E-state index is -4.03. The van der Waals surface area contributed by atoms with Crippen molar-refractivity contribution in [3.63, 3.8) is 0 Å². The highest BCUT2D eigenvalue weighted by Gasteiger charge is 2.24. The number of fused-ring (bicyclic) bond motifs is 2. The Balaban J connectivity index is 1.94. The maximum Gasteiger partial charge on any atom is 0.240 e. The smallest absolute Gasteiger partial charge is 0.240 e. The highest BCUT2D eigenvalue weighted by molar-refractivity contribution is 8.71. The number of hydrogen-bond donors (Lipinski definition) is 1. The fourth-order valence-electron chi connectivity index (χ4n) is 5.18. The molecule has 4 rings (SSSR count). The Labute approximate surface area is 272 Å². The molecule has 2 aliphatic rings. The standard InChI is InChI=1S/C30H37N3O8S4/c1-6-32(7-2)21-10-13-24-27(18-21)39-28-19-22(33(8-3)9-4)11-14-25(28)30(24)26-15-12-23(20-29(26)43-41-40-34)45(37,38)31-16-17-42-44(5,35)36/h10-15,18-20,31H,6-9,16-17H2,1-5H3. The molecule has 45 heavy (non-hydrogen) atoms. The molecule has 0 saturated carbocycles. The number of nitrogens with zero attached hydrogens (tertiary/aromatic N) is 2. The SMILES string of the molecule is CCN(CC)c1ccc2c(-c3ccc(S(=O)(=O)NCCSS(C)(=O)=O)cc3SOO[O-])c3ccc(=[N+](CC)CC)cc-3oc2c1. The molecular formula is C30H37N3O8S4. The lowest BCUT2D eigenvalue weighted by molar-refractivity contribution is -0.777. The monoisotopic (exact) mass is 695 g/mol. The van der Waals surface area contributed by atoms with Crippen LogP contribution in [0.15, 0.2) is 68.8 Å². The molecule has 0 amide bonds. The lowest BCUT2D eigenvalue weighted by Crippen LogP contribution is -2.29. The summed E-state index contributed by atoms with van der Waals surface area (Å²) in [4.78, 5) is 2.44. The molecular weight excluding hydrogens is 659 g/mol. The van der Waals surface area contributed by atoms with Gasteiger partial charge in [0.25, 0.3) is 0 Å². The van der Waals surface area contributed by atoms with Crippen molar-refractivity contribution in [1.82, 2.24) is 9.30 Å². The molecule has 15 heteroatoms. The van der Waals surface area contributed by atoms with Gasteiger partial charge in [-0.25, -0.2) is 26.1 Å². The van der Waals surface area contributed by atoms with Crippen molar-refractivity contribution < 1.29 is 35.9 Å². The highest BCUT2D eigenvalue weighted by atomic mass is 33.1. The van der Waals surface area contributed by atoms with Crippen LogP contribution in [0.5, 0.6) is 0 Å². The van der Waals surface area contributed by atoms with Gasteiger partial charge >= 0.3 is 0 Å². The van der Waals surface area contributed by atoms with Gasteiger partial charge in [0.2, 0.25) is 15.4 Å². The van der Waals surface area contributed by atoms with E-state index in [1.807, 2.05) is 36.4 Å². The van der Waals surface area contributed by atoms with Gasteiger partial charge in [0, 0.05) is 70.9 Å². The van der Waals surface area contributed by atoms with E-state index in [2.05, 4.69) is 46.9 Å². The molecule has 2 aromatic carbocycles. The summed E-state index contributed by atoms with van der Waals surface area (Å²) in [5.74, 6) is 0.679. The topological polar surface area (TPSA) is 141 Å². The third-order valence-electron chi connectivity index (χ3n) is 7.32. The Hall–Kier alpha value is -2.63. The van der Waals surface area contributed by atoms with Crippen molar-refractivity contribution in [2.75, 3.05) is 49.6 Å². The summed E-state index contributed by atoms with van der Waals surface area (Å²) in [7, 11) is -6.69. The summed E-state index contributed by atoms with van der Waals surface area (Å²) in [5.41, 5.74) is 3.78. The number of rotatable bonds is 15. The summed E-state index contributed by atoms with van der Waals surface area (Å²) in [5, 5.41) is 16.3. The first-order valence-corrected chi connectivity index (χ1v) is 20.0. The number of sulfonamides is 1. The Bertz CT molecular complexity index is 1900. The molecule has 0 atom stereocenters. The predicted octanol–water partition coefficient (Wildman–Crippen LogP) is 4.06. The van der Waals surface area contributed by atoms with E-state index in [1.54, 1.807) is 6.07 Å². The molecule has 0 bridgehead atoms. The van der Waals surface area contributed by atoms with E-state index < -0.39 is 18.9 Å². The van der Waals surface area contributed by atoms with Crippen LogP contribution in [0, 0.1) is 0 Å². The average Bonchev–Trinajstić information content (AvgIpc) is 3.01. The third kappa shape index (κ3) is 8.40. The Kier molecular flexibility index (Phi) is 12.0. The fourth-order valence-corrected chi connectivity index (χ4v) is 8.62. The molecule has 0 radical (unpaired) electrons. The number of benzene rings is 3. The maximum atomic E-state index is 13.1. The minimum Gasteiger partial charge on any atom is -0.691 e. The maximum absolute atomic E-state index is 13.1. The van der Waals surface area contributed by atoms with Crippen LogP contribution in [-0.4, -0.2) is 61.6 Å². The zero-order chi connectivity index (χ0) is 32.8. The van der Waals surface area contributed by atoms with E-state index in [0.29, 0.717) is 44.6 Å². The lowest BCUT2D eigenvalue weighted by atomic mass is 9.93. The van der Waals surface area contributed by atoms with Crippen molar-refractivity contribution in [3.05, 3.63) is 60.0 Å². The minimum absolute atomic E-state index is 0.0430. The predicted molar refractivity (Wildman–Crippen MR) is 179 cm³/mol. The second kappa shape index (κ2) is 15.3. The van der Waals surface area contributed by atoms with Gasteiger partial charge in [0.1, 0.15) is 24.4 Å². The molecule has 1 N–H and O–H groups in total. The van der Waals surface area contributed by atoms with Crippen molar-refractivity contribution in [1.29, 1.82) is 0 Å². The first kappa shape index (κ1) is 35.2. The molecule has 0 saturated heterocycles. The third-order valence-corrected chi connectivity index (χ3v) is 12.0. The van der Waals surface area contributed by atoms with Crippen LogP contribution in [-0.2, 0) is 28.3 Å². The normalized spacial score (nSPS) is 12.2. The lowest BCUT2D eigenvalue weighted by Gasteiger charge is -2.23. The number of anilines is 1. The van der Waals surface area contributed by atoms with Crippen LogP contribution in [0.1, 0.15) is 27.7 Å². The zero-order valence-electron chi connectivity index (χ0n) is 25.7. The van der Waals surface area contributed by atoms with E-state index in [-0.39, 0.29) is 17.2 Å². The molecule has 0 aromatic heterocycles. The van der Waals surface area contributed by atoms with Crippen molar-refractivity contribution in [2.45, 2.75) is 37.5 Å². The zero-order valence-corrected chi connectivity index (χ0v) is 29.0. The number of hydrogen-bond acceptors (Lipinski definition) is 11. The summed E-state index contributed by atoms with van der Waals surface area (Å²) in [6, 6.07) is 16.5. The van der Waals surface area contributed by atoms with Crippen LogP contribution >= 0.6 is 22.8 Å². The molecule has 0 spiro atoms. The molecule has 1 aliphatic carbocycles. The van der Waals surface area contributed by atoms with Crippen LogP contribution < -0.4 is 24.8 Å². The molecule has 11 nitrogen and oxygen atoms in total. The molecule has 1 heterocycles. The fraction of sp³-hybridized carbons (Fsp3) is 0.367. The Morgan fingerprint density at radius 2 is 1.64 bits per heavy atom. The van der Waals surface area contributed by atoms with Gasteiger partial charge in [-0.05, 0) is 74.4 Å². The summed E-state index contributed by atoms with van der Waals surface area (Å²) < 4.78 is 65.0. The van der Waals surface area contributed by atoms with Crippen LogP contribution in [0.3, 0.4) is 0 Å². The van der Waals surface area contributed by atoms with Crippen molar-refractivity contribution in [2.24, 2.45) is 0 Å². The second-order valence-corrected chi connectivity index (χ2v) is 17.1. The Morgan fingerprint density at radius 3 is 2.29 bits per heavy atom. The molecule has 0 unspecified atom stereocenters. The summed E-state index contributed by atoms with van der Waals surface area (Å²) in [6.45, 7) is 11.5. The summed E-state index contributed by atoms with van der Waals surface area (Å²) in [6.07, 6.45) is 1.06. The van der Waals surface area contributed by atoms with Crippen LogP contribution in [0.25, 0.3) is 33.4 Å². The first-order valence-electron chi connectivity index (χ1n) is 14.4. The molecule has 0 fully saturated rings. The van der Waals surface area contributed by atoms with Gasteiger partial charge in [-0.2, -0.15) is 4.33 Å². The van der Waals surface area contributed by atoms with Crippen LogP contribution in [0.4, 0.5) is 5.69 Å². The second-order valence-electron chi connectivity index (χ2n) is 9.98. The number of nitrogens with one attached hydrogen (secondary N) is 1. The molecule has 2 aromatic rings. The summed E-state index contributed by atoms with van der Waals surface area (Å²) >= 11 is 0.594. The van der Waals surface area contributed by atoms with Gasteiger partial charge in [-0.3, -0.25) is 5.04 Å². The van der Waals surface area contributed by atoms with Gasteiger partial charge < -0.3 is 14.6 Å².